The lowest BCUT2D eigenvalue weighted by molar-refractivity contribution is 0.570. The standard InChI is InChI=1S/C10H24N2O4S2/c1-3-5-6-7-8-11-18(15,16)10-9-12-17(13,14)4-2/h11-12H,3-10H2,1-2H3. The molecule has 0 radical (unpaired) electrons. The molecule has 0 aromatic rings. The van der Waals surface area contributed by atoms with Crippen LogP contribution in [0.5, 0.6) is 0 Å². The van der Waals surface area contributed by atoms with Gasteiger partial charge in [-0.05, 0) is 13.3 Å². The number of unbranched alkanes of at least 4 members (excludes halogenated alkanes) is 3. The molecule has 0 bridgehead atoms. The van der Waals surface area contributed by atoms with Crippen LogP contribution >= 0.6 is 0 Å². The van der Waals surface area contributed by atoms with Gasteiger partial charge in [-0.25, -0.2) is 26.3 Å². The number of rotatable bonds is 11. The normalized spacial score (nSPS) is 12.8. The van der Waals surface area contributed by atoms with Crippen molar-refractivity contribution in [3.8, 4) is 0 Å². The summed E-state index contributed by atoms with van der Waals surface area (Å²) >= 11 is 0. The van der Waals surface area contributed by atoms with Crippen molar-refractivity contribution in [1.29, 1.82) is 0 Å². The molecule has 0 rings (SSSR count). The summed E-state index contributed by atoms with van der Waals surface area (Å²) < 4.78 is 49.9. The van der Waals surface area contributed by atoms with Crippen molar-refractivity contribution in [2.75, 3.05) is 24.6 Å². The van der Waals surface area contributed by atoms with Crippen molar-refractivity contribution in [1.82, 2.24) is 9.44 Å². The Balaban J connectivity index is 3.81. The maximum atomic E-state index is 11.5. The fourth-order valence-electron chi connectivity index (χ4n) is 1.29. The maximum Gasteiger partial charge on any atom is 0.212 e. The molecule has 0 unspecified atom stereocenters. The fourth-order valence-corrected chi connectivity index (χ4v) is 3.00. The van der Waals surface area contributed by atoms with E-state index in [1.807, 2.05) is 0 Å². The minimum absolute atomic E-state index is 0.0442. The lowest BCUT2D eigenvalue weighted by Gasteiger charge is -2.07. The molecule has 0 aliphatic heterocycles. The van der Waals surface area contributed by atoms with Crippen LogP contribution in [0.15, 0.2) is 0 Å². The summed E-state index contributed by atoms with van der Waals surface area (Å²) in [6.45, 7) is 3.93. The average Bonchev–Trinajstić information content (AvgIpc) is 2.28. The summed E-state index contributed by atoms with van der Waals surface area (Å²) in [6, 6.07) is 0. The summed E-state index contributed by atoms with van der Waals surface area (Å²) in [5, 5.41) is 0. The van der Waals surface area contributed by atoms with Crippen molar-refractivity contribution < 1.29 is 16.8 Å². The molecule has 0 aliphatic rings. The highest BCUT2D eigenvalue weighted by Crippen LogP contribution is 1.97. The third-order valence-corrected chi connectivity index (χ3v) is 5.21. The molecule has 0 heterocycles. The zero-order valence-electron chi connectivity index (χ0n) is 11.1. The first-order valence-electron chi connectivity index (χ1n) is 6.27. The van der Waals surface area contributed by atoms with E-state index < -0.39 is 20.0 Å². The van der Waals surface area contributed by atoms with Gasteiger partial charge >= 0.3 is 0 Å². The second-order valence-electron chi connectivity index (χ2n) is 4.07. The van der Waals surface area contributed by atoms with Gasteiger partial charge in [-0.3, -0.25) is 0 Å². The van der Waals surface area contributed by atoms with E-state index in [0.29, 0.717) is 6.54 Å². The first-order valence-corrected chi connectivity index (χ1v) is 9.58. The first kappa shape index (κ1) is 17.8. The maximum absolute atomic E-state index is 11.5. The molecule has 6 nitrogen and oxygen atoms in total. The Bertz CT molecular complexity index is 404. The summed E-state index contributed by atoms with van der Waals surface area (Å²) in [6.07, 6.45) is 4.01. The monoisotopic (exact) mass is 300 g/mol. The second kappa shape index (κ2) is 8.84. The second-order valence-corrected chi connectivity index (χ2v) is 8.09. The SMILES string of the molecule is CCCCCCNS(=O)(=O)CCNS(=O)(=O)CC. The van der Waals surface area contributed by atoms with Crippen molar-refractivity contribution in [3.63, 3.8) is 0 Å². The minimum atomic E-state index is -3.38. The molecule has 110 valence electrons. The molecule has 2 N–H and O–H groups in total. The lowest BCUT2D eigenvalue weighted by Crippen LogP contribution is -2.35. The fraction of sp³-hybridized carbons (Fsp3) is 1.00. The average molecular weight is 300 g/mol. The lowest BCUT2D eigenvalue weighted by atomic mass is 10.2. The number of nitrogens with one attached hydrogen (secondary N) is 2. The van der Waals surface area contributed by atoms with Crippen LogP contribution < -0.4 is 9.44 Å². The molecule has 8 heteroatoms. The van der Waals surface area contributed by atoms with Gasteiger partial charge in [-0.2, -0.15) is 0 Å². The van der Waals surface area contributed by atoms with Crippen molar-refractivity contribution >= 4 is 20.0 Å². The van der Waals surface area contributed by atoms with Crippen LogP contribution in [0.4, 0.5) is 0 Å². The van der Waals surface area contributed by atoms with Gasteiger partial charge in [0.15, 0.2) is 0 Å². The highest BCUT2D eigenvalue weighted by atomic mass is 32.2. The van der Waals surface area contributed by atoms with Crippen LogP contribution in [0.2, 0.25) is 0 Å². The number of hydrogen-bond donors (Lipinski definition) is 2. The van der Waals surface area contributed by atoms with Crippen molar-refractivity contribution in [3.05, 3.63) is 0 Å². The molecule has 0 aromatic carbocycles. The number of sulfonamides is 2. The first-order chi connectivity index (χ1) is 8.33. The van der Waals surface area contributed by atoms with E-state index in [0.717, 1.165) is 25.7 Å². The molecule has 0 atom stereocenters. The van der Waals surface area contributed by atoms with Gasteiger partial charge < -0.3 is 0 Å². The third-order valence-electron chi connectivity index (χ3n) is 2.43. The molecule has 0 aromatic heterocycles. The van der Waals surface area contributed by atoms with Crippen molar-refractivity contribution in [2.24, 2.45) is 0 Å². The Hall–Kier alpha value is -0.180. The smallest absolute Gasteiger partial charge is 0.212 e. The molecule has 0 spiro atoms. The van der Waals surface area contributed by atoms with E-state index in [2.05, 4.69) is 16.4 Å². The van der Waals surface area contributed by atoms with Crippen LogP contribution in [0.3, 0.4) is 0 Å². The minimum Gasteiger partial charge on any atom is -0.215 e. The van der Waals surface area contributed by atoms with Crippen LogP contribution in [0.1, 0.15) is 39.5 Å². The quantitative estimate of drug-likeness (QED) is 0.541. The Labute approximate surface area is 111 Å². The predicted molar refractivity (Wildman–Crippen MR) is 73.4 cm³/mol. The number of hydrogen-bond acceptors (Lipinski definition) is 4. The summed E-state index contributed by atoms with van der Waals surface area (Å²) in [4.78, 5) is 0. The van der Waals surface area contributed by atoms with Gasteiger partial charge in [0.1, 0.15) is 0 Å². The van der Waals surface area contributed by atoms with E-state index in [1.165, 1.54) is 6.92 Å². The molecular formula is C10H24N2O4S2. The zero-order chi connectivity index (χ0) is 14.1. The molecule has 0 fully saturated rings. The molecule has 0 amide bonds. The Morgan fingerprint density at radius 2 is 1.39 bits per heavy atom. The highest BCUT2D eigenvalue weighted by molar-refractivity contribution is 7.90. The van der Waals surface area contributed by atoms with Crippen LogP contribution in [-0.2, 0) is 20.0 Å². The highest BCUT2D eigenvalue weighted by Gasteiger charge is 2.12. The van der Waals surface area contributed by atoms with Crippen LogP contribution in [-0.4, -0.2) is 41.4 Å². The molecular weight excluding hydrogens is 276 g/mol. The third kappa shape index (κ3) is 9.81. The Kier molecular flexibility index (Phi) is 8.75. The Morgan fingerprint density at radius 3 is 1.94 bits per heavy atom. The van der Waals surface area contributed by atoms with Gasteiger partial charge in [0, 0.05) is 13.1 Å². The largest absolute Gasteiger partial charge is 0.215 e. The summed E-state index contributed by atoms with van der Waals surface area (Å²) in [5.74, 6) is -0.266. The molecule has 0 saturated heterocycles. The molecule has 0 saturated carbocycles. The van der Waals surface area contributed by atoms with Gasteiger partial charge in [-0.15, -0.1) is 0 Å². The Morgan fingerprint density at radius 1 is 0.778 bits per heavy atom. The molecule has 0 aliphatic carbocycles. The van der Waals surface area contributed by atoms with Gasteiger partial charge in [0.25, 0.3) is 0 Å². The summed E-state index contributed by atoms with van der Waals surface area (Å²) in [7, 11) is -6.69. The van der Waals surface area contributed by atoms with Crippen LogP contribution in [0.25, 0.3) is 0 Å². The van der Waals surface area contributed by atoms with E-state index in [4.69, 9.17) is 0 Å². The van der Waals surface area contributed by atoms with E-state index >= 15 is 0 Å². The summed E-state index contributed by atoms with van der Waals surface area (Å²) in [5.41, 5.74) is 0. The van der Waals surface area contributed by atoms with Crippen LogP contribution in [0, 0.1) is 0 Å². The van der Waals surface area contributed by atoms with Gasteiger partial charge in [0.2, 0.25) is 20.0 Å². The van der Waals surface area contributed by atoms with E-state index in [9.17, 15) is 16.8 Å². The zero-order valence-corrected chi connectivity index (χ0v) is 12.7. The van der Waals surface area contributed by atoms with Gasteiger partial charge in [-0.1, -0.05) is 26.2 Å². The molecule has 18 heavy (non-hydrogen) atoms. The van der Waals surface area contributed by atoms with E-state index in [1.54, 1.807) is 0 Å². The van der Waals surface area contributed by atoms with E-state index in [-0.39, 0.29) is 18.1 Å². The van der Waals surface area contributed by atoms with Crippen molar-refractivity contribution in [2.45, 2.75) is 39.5 Å². The van der Waals surface area contributed by atoms with Gasteiger partial charge in [0.05, 0.1) is 11.5 Å². The topological polar surface area (TPSA) is 92.3 Å². The predicted octanol–water partition coefficient (Wildman–Crippen LogP) is 0.425.